The maximum atomic E-state index is 5.25. The molecule has 9 aromatic carbocycles. The predicted octanol–water partition coefficient (Wildman–Crippen LogP) is 13.1. The first-order valence-electron chi connectivity index (χ1n) is 19.8. The molecule has 266 valence electrons. The quantitative estimate of drug-likeness (QED) is 0.176. The normalized spacial score (nSPS) is 15.7. The standard InChI is InChI=1S/C55H36N2/c1-3-13-35(14-4-1)50-34-51(36-15-5-2-6-16-36)57-54(56-50)43-22-10-21-41(32-43)39-19-9-20-40(31-39)42-29-30-47-45(33-42)44-23-7-8-24-46(44)55(47)48-25-11-17-37-27-28-38-18-12-26-49(55)53(38)52(37)48/h1-34,50H,(H,56,57). The van der Waals surface area contributed by atoms with Crippen molar-refractivity contribution in [3.63, 3.8) is 0 Å². The van der Waals surface area contributed by atoms with Gasteiger partial charge in [-0.1, -0.05) is 182 Å². The third-order valence-electron chi connectivity index (χ3n) is 12.5. The first-order chi connectivity index (χ1) is 28.2. The predicted molar refractivity (Wildman–Crippen MR) is 236 cm³/mol. The lowest BCUT2D eigenvalue weighted by molar-refractivity contribution is 0.797. The van der Waals surface area contributed by atoms with Crippen LogP contribution in [0.5, 0.6) is 0 Å². The molecular formula is C55H36N2. The summed E-state index contributed by atoms with van der Waals surface area (Å²) in [6, 6.07) is 73.3. The minimum absolute atomic E-state index is 0.0899. The maximum Gasteiger partial charge on any atom is 0.133 e. The second kappa shape index (κ2) is 12.4. The van der Waals surface area contributed by atoms with Crippen molar-refractivity contribution in [1.29, 1.82) is 0 Å². The number of fused-ring (bicyclic) bond motifs is 7. The van der Waals surface area contributed by atoms with E-state index in [2.05, 4.69) is 212 Å². The molecule has 2 heteroatoms. The lowest BCUT2D eigenvalue weighted by Gasteiger charge is -2.30. The van der Waals surface area contributed by atoms with Crippen LogP contribution in [0.2, 0.25) is 0 Å². The summed E-state index contributed by atoms with van der Waals surface area (Å²) in [6.45, 7) is 0. The third kappa shape index (κ3) is 4.74. The van der Waals surface area contributed by atoms with Gasteiger partial charge in [-0.05, 0) is 113 Å². The molecule has 0 aromatic heterocycles. The van der Waals surface area contributed by atoms with E-state index < -0.39 is 0 Å². The number of benzene rings is 9. The molecule has 1 N–H and O–H groups in total. The number of amidine groups is 1. The Balaban J connectivity index is 0.943. The average Bonchev–Trinajstić information content (AvgIpc) is 3.77. The molecule has 57 heavy (non-hydrogen) atoms. The van der Waals surface area contributed by atoms with E-state index in [0.29, 0.717) is 0 Å². The zero-order valence-electron chi connectivity index (χ0n) is 31.2. The van der Waals surface area contributed by atoms with Gasteiger partial charge >= 0.3 is 0 Å². The number of rotatable bonds is 5. The second-order valence-electron chi connectivity index (χ2n) is 15.5. The van der Waals surface area contributed by atoms with Crippen molar-refractivity contribution in [2.45, 2.75) is 11.5 Å². The van der Waals surface area contributed by atoms with Gasteiger partial charge in [0.2, 0.25) is 0 Å². The Morgan fingerprint density at radius 1 is 0.386 bits per heavy atom. The molecule has 12 rings (SSSR count). The molecule has 2 nitrogen and oxygen atoms in total. The van der Waals surface area contributed by atoms with Crippen molar-refractivity contribution in [3.8, 4) is 33.4 Å². The summed E-state index contributed by atoms with van der Waals surface area (Å²) in [6.07, 6.45) is 2.23. The highest BCUT2D eigenvalue weighted by Crippen LogP contribution is 2.62. The molecule has 0 bridgehead atoms. The van der Waals surface area contributed by atoms with Crippen LogP contribution in [0.3, 0.4) is 0 Å². The average molecular weight is 725 g/mol. The van der Waals surface area contributed by atoms with Crippen LogP contribution in [-0.4, -0.2) is 5.84 Å². The van der Waals surface area contributed by atoms with E-state index in [1.807, 2.05) is 0 Å². The Morgan fingerprint density at radius 3 is 1.61 bits per heavy atom. The number of aliphatic imine (C=N–C) groups is 1. The minimum Gasteiger partial charge on any atom is -0.340 e. The summed E-state index contributed by atoms with van der Waals surface area (Å²) in [5, 5.41) is 9.09. The van der Waals surface area contributed by atoms with E-state index in [-0.39, 0.29) is 11.5 Å². The zero-order valence-corrected chi connectivity index (χ0v) is 31.2. The van der Waals surface area contributed by atoms with Crippen LogP contribution in [0.4, 0.5) is 0 Å². The van der Waals surface area contributed by atoms with E-state index in [1.165, 1.54) is 77.2 Å². The summed E-state index contributed by atoms with van der Waals surface area (Å²) < 4.78 is 0. The molecule has 1 aliphatic heterocycles. The van der Waals surface area contributed by atoms with E-state index in [1.54, 1.807) is 0 Å². The molecule has 1 unspecified atom stereocenters. The largest absolute Gasteiger partial charge is 0.340 e. The number of hydrogen-bond acceptors (Lipinski definition) is 2. The molecule has 1 atom stereocenters. The van der Waals surface area contributed by atoms with Gasteiger partial charge in [-0.2, -0.15) is 0 Å². The molecule has 2 aliphatic carbocycles. The molecular weight excluding hydrogens is 689 g/mol. The first kappa shape index (κ1) is 32.0. The molecule has 9 aromatic rings. The number of hydrogen-bond donors (Lipinski definition) is 1. The minimum atomic E-state index is -0.347. The second-order valence-corrected chi connectivity index (χ2v) is 15.5. The smallest absolute Gasteiger partial charge is 0.133 e. The van der Waals surface area contributed by atoms with Gasteiger partial charge in [0.05, 0.1) is 11.5 Å². The summed E-state index contributed by atoms with van der Waals surface area (Å²) in [7, 11) is 0. The van der Waals surface area contributed by atoms with Gasteiger partial charge in [-0.25, -0.2) is 0 Å². The lowest BCUT2D eigenvalue weighted by Crippen LogP contribution is -2.27. The maximum absolute atomic E-state index is 5.25. The Labute approximate surface area is 332 Å². The van der Waals surface area contributed by atoms with Crippen molar-refractivity contribution in [3.05, 3.63) is 245 Å². The van der Waals surface area contributed by atoms with Crippen LogP contribution in [0.25, 0.3) is 60.6 Å². The van der Waals surface area contributed by atoms with Crippen LogP contribution in [-0.2, 0) is 5.41 Å². The van der Waals surface area contributed by atoms with Crippen molar-refractivity contribution in [2.24, 2.45) is 4.99 Å². The lowest BCUT2D eigenvalue weighted by atomic mass is 9.70. The SMILES string of the molecule is C1=C(c2ccccc2)NC(c2cccc(-c3cccc(-c4ccc5c(c4)-c4ccccc4C54c5cccc6ccc7cccc4c7c56)c3)c2)=NC1c1ccccc1. The Morgan fingerprint density at radius 2 is 0.912 bits per heavy atom. The van der Waals surface area contributed by atoms with Gasteiger partial charge in [-0.15, -0.1) is 0 Å². The highest BCUT2D eigenvalue weighted by molar-refractivity contribution is 6.17. The van der Waals surface area contributed by atoms with Crippen molar-refractivity contribution >= 4 is 33.1 Å². The van der Waals surface area contributed by atoms with Gasteiger partial charge in [0.25, 0.3) is 0 Å². The van der Waals surface area contributed by atoms with E-state index in [4.69, 9.17) is 4.99 Å². The highest BCUT2D eigenvalue weighted by Gasteiger charge is 2.50. The van der Waals surface area contributed by atoms with Crippen molar-refractivity contribution < 1.29 is 0 Å². The van der Waals surface area contributed by atoms with Gasteiger partial charge < -0.3 is 5.32 Å². The fourth-order valence-electron chi connectivity index (χ4n) is 9.98. The highest BCUT2D eigenvalue weighted by atomic mass is 15.0. The molecule has 0 saturated carbocycles. The first-order valence-corrected chi connectivity index (χ1v) is 19.8. The van der Waals surface area contributed by atoms with Gasteiger partial charge in [0.1, 0.15) is 5.84 Å². The molecule has 0 saturated heterocycles. The van der Waals surface area contributed by atoms with Crippen LogP contribution >= 0.6 is 0 Å². The van der Waals surface area contributed by atoms with Gasteiger partial charge in [-0.3, -0.25) is 4.99 Å². The van der Waals surface area contributed by atoms with Crippen LogP contribution in [0, 0.1) is 0 Å². The fraction of sp³-hybridized carbons (Fsp3) is 0.0364. The molecule has 0 amide bonds. The molecule has 0 fully saturated rings. The van der Waals surface area contributed by atoms with Crippen molar-refractivity contribution in [1.82, 2.24) is 5.32 Å². The monoisotopic (exact) mass is 724 g/mol. The van der Waals surface area contributed by atoms with E-state index >= 15 is 0 Å². The van der Waals surface area contributed by atoms with Crippen molar-refractivity contribution in [2.75, 3.05) is 0 Å². The molecule has 1 spiro atoms. The Hall–Kier alpha value is -7.29. The molecule has 3 aliphatic rings. The van der Waals surface area contributed by atoms with Gasteiger partial charge in [0.15, 0.2) is 0 Å². The molecule has 0 radical (unpaired) electrons. The Kier molecular flexibility index (Phi) is 6.94. The number of nitrogens with zero attached hydrogens (tertiary/aromatic N) is 1. The van der Waals surface area contributed by atoms with E-state index in [9.17, 15) is 0 Å². The Bertz CT molecular complexity index is 3090. The topological polar surface area (TPSA) is 24.4 Å². The van der Waals surface area contributed by atoms with Gasteiger partial charge in [0, 0.05) is 11.3 Å². The van der Waals surface area contributed by atoms with Crippen LogP contribution < -0.4 is 5.32 Å². The number of nitrogens with one attached hydrogen (secondary N) is 1. The van der Waals surface area contributed by atoms with E-state index in [0.717, 1.165) is 28.2 Å². The third-order valence-corrected chi connectivity index (χ3v) is 12.5. The van der Waals surface area contributed by atoms with Crippen LogP contribution in [0.1, 0.15) is 45.0 Å². The fourth-order valence-corrected chi connectivity index (χ4v) is 9.98. The summed E-state index contributed by atoms with van der Waals surface area (Å²) in [5.74, 6) is 0.870. The summed E-state index contributed by atoms with van der Waals surface area (Å²) in [4.78, 5) is 5.25. The summed E-state index contributed by atoms with van der Waals surface area (Å²) >= 11 is 0. The zero-order chi connectivity index (χ0) is 37.5. The summed E-state index contributed by atoms with van der Waals surface area (Å²) in [5.41, 5.74) is 17.0. The molecule has 1 heterocycles. The van der Waals surface area contributed by atoms with Crippen LogP contribution in [0.15, 0.2) is 211 Å².